The van der Waals surface area contributed by atoms with Crippen LogP contribution in [-0.2, 0) is 23.5 Å². The van der Waals surface area contributed by atoms with Gasteiger partial charge in [0.1, 0.15) is 30.2 Å². The van der Waals surface area contributed by atoms with E-state index in [0.29, 0.717) is 35.7 Å². The molecule has 0 radical (unpaired) electrons. The average Bonchev–Trinajstić information content (AvgIpc) is 3.67. The van der Waals surface area contributed by atoms with Crippen LogP contribution in [0, 0.1) is 5.82 Å². The number of hydrogen-bond acceptors (Lipinski definition) is 8. The van der Waals surface area contributed by atoms with Crippen LogP contribution in [0.4, 0.5) is 4.39 Å². The van der Waals surface area contributed by atoms with Gasteiger partial charge in [0.2, 0.25) is 0 Å². The number of hydrogen-bond donors (Lipinski definition) is 1. The molecule has 4 aliphatic rings. The first-order valence-corrected chi connectivity index (χ1v) is 14.5. The number of fused-ring (bicyclic) bond motifs is 2. The summed E-state index contributed by atoms with van der Waals surface area (Å²) in [6.07, 6.45) is 0.613. The summed E-state index contributed by atoms with van der Waals surface area (Å²) in [5.74, 6) is 0.0837. The smallest absolute Gasteiger partial charge is 0.470 e. The zero-order valence-electron chi connectivity index (χ0n) is 23.8. The summed E-state index contributed by atoms with van der Waals surface area (Å²) in [7, 11) is -0.498. The van der Waals surface area contributed by atoms with E-state index >= 15 is 4.39 Å². The van der Waals surface area contributed by atoms with Crippen LogP contribution >= 0.6 is 0 Å². The average molecular weight is 566 g/mol. The minimum atomic E-state index is -0.671. The largest absolute Gasteiger partial charge is 0.494 e. The van der Waals surface area contributed by atoms with Crippen molar-refractivity contribution < 1.29 is 37.8 Å². The first kappa shape index (κ1) is 27.3. The molecule has 4 saturated heterocycles. The number of aliphatic hydroxyl groups excluding tert-OH is 1. The van der Waals surface area contributed by atoms with Gasteiger partial charge in [-0.1, -0.05) is 24.3 Å². The van der Waals surface area contributed by atoms with Crippen molar-refractivity contribution in [1.82, 2.24) is 9.55 Å². The number of pyridine rings is 1. The van der Waals surface area contributed by atoms with E-state index < -0.39 is 42.4 Å². The van der Waals surface area contributed by atoms with Crippen molar-refractivity contribution in [3.63, 3.8) is 0 Å². The molecule has 2 aromatic heterocycles. The van der Waals surface area contributed by atoms with E-state index in [1.807, 2.05) is 62.6 Å². The normalized spacial score (nSPS) is 30.7. The van der Waals surface area contributed by atoms with Crippen molar-refractivity contribution in [2.75, 3.05) is 19.8 Å². The minimum absolute atomic E-state index is 0.216. The fourth-order valence-corrected chi connectivity index (χ4v) is 6.09. The minimum Gasteiger partial charge on any atom is -0.470 e. The Morgan fingerprint density at radius 2 is 1.71 bits per heavy atom. The van der Waals surface area contributed by atoms with Gasteiger partial charge in [-0.15, -0.1) is 0 Å². The Bertz CT molecular complexity index is 1420. The Morgan fingerprint density at radius 3 is 2.41 bits per heavy atom. The zero-order chi connectivity index (χ0) is 28.5. The van der Waals surface area contributed by atoms with E-state index in [0.717, 1.165) is 24.7 Å². The van der Waals surface area contributed by atoms with Gasteiger partial charge in [0.05, 0.1) is 35.4 Å². The van der Waals surface area contributed by atoms with E-state index in [2.05, 4.69) is 0 Å². The summed E-state index contributed by atoms with van der Waals surface area (Å²) in [4.78, 5) is 4.75. The van der Waals surface area contributed by atoms with Gasteiger partial charge in [-0.05, 0) is 52.4 Å². The van der Waals surface area contributed by atoms with E-state index in [4.69, 9.17) is 33.2 Å². The number of aliphatic hydroxyl groups is 1. The Kier molecular flexibility index (Phi) is 6.68. The quantitative estimate of drug-likeness (QED) is 0.467. The number of benzene rings is 1. The second kappa shape index (κ2) is 10.0. The molecule has 1 aromatic carbocycles. The molecule has 0 amide bonds. The maximum Gasteiger partial charge on any atom is 0.494 e. The molecule has 11 heteroatoms. The van der Waals surface area contributed by atoms with E-state index in [1.54, 1.807) is 0 Å². The van der Waals surface area contributed by atoms with Gasteiger partial charge >= 0.3 is 7.12 Å². The highest BCUT2D eigenvalue weighted by atomic mass is 19.1. The molecule has 3 unspecified atom stereocenters. The van der Waals surface area contributed by atoms with Crippen LogP contribution in [0.5, 0.6) is 5.88 Å². The summed E-state index contributed by atoms with van der Waals surface area (Å²) in [5.41, 5.74) is 2.07. The molecule has 1 N–H and O–H groups in total. The monoisotopic (exact) mass is 566 g/mol. The number of halogens is 1. The van der Waals surface area contributed by atoms with E-state index in [-0.39, 0.29) is 24.6 Å². The molecule has 0 saturated carbocycles. The number of nitrogens with zero attached hydrogens (tertiary/aromatic N) is 2. The molecule has 0 aliphatic carbocycles. The van der Waals surface area contributed by atoms with Crippen LogP contribution in [0.2, 0.25) is 0 Å². The lowest BCUT2D eigenvalue weighted by molar-refractivity contribution is -0.0392. The predicted molar refractivity (Wildman–Crippen MR) is 150 cm³/mol. The second-order valence-electron chi connectivity index (χ2n) is 12.4. The number of rotatable bonds is 5. The van der Waals surface area contributed by atoms with Crippen LogP contribution in [0.3, 0.4) is 0 Å². The van der Waals surface area contributed by atoms with Gasteiger partial charge in [-0.2, -0.15) is 0 Å². The van der Waals surface area contributed by atoms with Gasteiger partial charge in [0.15, 0.2) is 17.8 Å². The predicted octanol–water partition coefficient (Wildman–Crippen LogP) is 3.75. The molecule has 3 aromatic rings. The second-order valence-corrected chi connectivity index (χ2v) is 12.4. The Hall–Kier alpha value is -2.54. The van der Waals surface area contributed by atoms with Gasteiger partial charge in [0, 0.05) is 24.3 Å². The SMILES string of the molecule is CC1(C)OB(c2ccc(-c3nc4cc(O[C@@H]5COC6C5OC[C@H]6O)n(C5CCCCO5)c4cc3F)cc2)OC1(C)C. The molecule has 4 fully saturated rings. The summed E-state index contributed by atoms with van der Waals surface area (Å²) in [5, 5.41) is 10.2. The number of aromatic nitrogens is 2. The van der Waals surface area contributed by atoms with Crippen molar-refractivity contribution >= 4 is 23.6 Å². The highest BCUT2D eigenvalue weighted by molar-refractivity contribution is 6.62. The highest BCUT2D eigenvalue weighted by Crippen LogP contribution is 2.39. The first-order chi connectivity index (χ1) is 19.6. The maximum atomic E-state index is 15.7. The molecular formula is C30H36BFN2O7. The molecule has 4 aliphatic heterocycles. The summed E-state index contributed by atoms with van der Waals surface area (Å²) in [6.45, 7) is 9.19. The summed E-state index contributed by atoms with van der Waals surface area (Å²) < 4.78 is 54.0. The van der Waals surface area contributed by atoms with E-state index in [9.17, 15) is 5.11 Å². The number of ether oxygens (including phenoxy) is 4. The molecule has 41 heavy (non-hydrogen) atoms. The third kappa shape index (κ3) is 4.67. The molecule has 0 spiro atoms. The molecule has 5 atom stereocenters. The van der Waals surface area contributed by atoms with E-state index in [1.165, 1.54) is 6.07 Å². The third-order valence-corrected chi connectivity index (χ3v) is 9.15. The van der Waals surface area contributed by atoms with Crippen molar-refractivity contribution in [2.45, 2.75) is 88.8 Å². The highest BCUT2D eigenvalue weighted by Gasteiger charge is 2.52. The fraction of sp³-hybridized carbons (Fsp3) is 0.567. The van der Waals surface area contributed by atoms with Gasteiger partial charge < -0.3 is 33.4 Å². The standard InChI is InChI=1S/C30H36BFN2O7/c1-29(2)30(3,4)41-31(40-29)18-10-8-17(9-11-18)26-19(32)13-21-20(33-26)14-25(34(21)24-7-5-6-12-36-24)39-23-16-38-27-22(35)15-37-28(23)27/h8-11,13-14,22-24,27-28,35H,5-7,12,15-16H2,1-4H3/t22-,23-,24?,27?,28?/m1/s1. The van der Waals surface area contributed by atoms with Crippen LogP contribution in [0.15, 0.2) is 36.4 Å². The summed E-state index contributed by atoms with van der Waals surface area (Å²) >= 11 is 0. The van der Waals surface area contributed by atoms with Crippen molar-refractivity contribution in [3.8, 4) is 17.1 Å². The van der Waals surface area contributed by atoms with Crippen molar-refractivity contribution in [2.24, 2.45) is 0 Å². The molecule has 218 valence electrons. The maximum absolute atomic E-state index is 15.7. The summed E-state index contributed by atoms with van der Waals surface area (Å²) in [6, 6.07) is 10.8. The van der Waals surface area contributed by atoms with Crippen LogP contribution < -0.4 is 10.2 Å². The van der Waals surface area contributed by atoms with Gasteiger partial charge in [-0.3, -0.25) is 4.57 Å². The Labute approximate surface area is 239 Å². The molecule has 0 bridgehead atoms. The molecule has 6 heterocycles. The van der Waals surface area contributed by atoms with Gasteiger partial charge in [-0.25, -0.2) is 9.37 Å². The molecule has 7 rings (SSSR count). The Morgan fingerprint density at radius 1 is 0.976 bits per heavy atom. The van der Waals surface area contributed by atoms with Crippen LogP contribution in [0.1, 0.15) is 53.2 Å². The zero-order valence-corrected chi connectivity index (χ0v) is 23.8. The molecule has 9 nitrogen and oxygen atoms in total. The van der Waals surface area contributed by atoms with Gasteiger partial charge in [0.25, 0.3) is 0 Å². The molecular weight excluding hydrogens is 530 g/mol. The lowest BCUT2D eigenvalue weighted by atomic mass is 9.79. The lowest BCUT2D eigenvalue weighted by Gasteiger charge is -2.32. The van der Waals surface area contributed by atoms with Crippen LogP contribution in [-0.4, -0.2) is 77.2 Å². The first-order valence-electron chi connectivity index (χ1n) is 14.5. The third-order valence-electron chi connectivity index (χ3n) is 9.15. The topological polar surface area (TPSA) is 93.4 Å². The van der Waals surface area contributed by atoms with Crippen LogP contribution in [0.25, 0.3) is 22.3 Å². The van der Waals surface area contributed by atoms with Crippen molar-refractivity contribution in [1.29, 1.82) is 0 Å². The lowest BCUT2D eigenvalue weighted by Crippen LogP contribution is -2.41. The Balaban J connectivity index is 1.21. The van der Waals surface area contributed by atoms with Crippen molar-refractivity contribution in [3.05, 3.63) is 42.2 Å². The fourth-order valence-electron chi connectivity index (χ4n) is 6.09.